The van der Waals surface area contributed by atoms with Gasteiger partial charge in [-0.3, -0.25) is 9.59 Å². The minimum atomic E-state index is -0.380. The average Bonchev–Trinajstić information content (AvgIpc) is 3.20. The Kier molecular flexibility index (Phi) is 6.46. The number of nitrogens with two attached hydrogens (primary N) is 1. The van der Waals surface area contributed by atoms with Gasteiger partial charge in [-0.05, 0) is 53.7 Å². The summed E-state index contributed by atoms with van der Waals surface area (Å²) in [4.78, 5) is 25.5. The number of halogens is 2. The second-order valence-electron chi connectivity index (χ2n) is 5.71. The number of carbonyl (C=O) groups excluding carboxylic acids is 2. The van der Waals surface area contributed by atoms with Gasteiger partial charge in [0.15, 0.2) is 10.4 Å². The Morgan fingerprint density at radius 3 is 2.59 bits per heavy atom. The number of likely N-dealkylation sites (N-methyl/N-ethyl adjacent to an activating group) is 1. The topological polar surface area (TPSA) is 88.6 Å². The minimum Gasteiger partial charge on any atom is -0.444 e. The number of carbonyl (C=O) groups is 2. The molecular formula is C14H21BrClN3O3. The van der Waals surface area contributed by atoms with E-state index in [-0.39, 0.29) is 42.1 Å². The standard InChI is InChI=1S/C14H20BrN3O3.ClH/c1-14(8-16,9-3-4-9)17-12(19)7-18(2)13(20)10-5-6-11(15)21-10;/h5-6,9H,3-4,7-8,16H2,1-2H3,(H,17,19);1H. The average molecular weight is 395 g/mol. The van der Waals surface area contributed by atoms with Gasteiger partial charge in [0.2, 0.25) is 5.91 Å². The normalized spacial score (nSPS) is 16.4. The summed E-state index contributed by atoms with van der Waals surface area (Å²) < 4.78 is 5.67. The molecular weight excluding hydrogens is 374 g/mol. The summed E-state index contributed by atoms with van der Waals surface area (Å²) in [6.45, 7) is 2.32. The summed E-state index contributed by atoms with van der Waals surface area (Å²) in [5.74, 6) is 0.0856. The molecule has 1 aliphatic rings. The fourth-order valence-corrected chi connectivity index (χ4v) is 2.61. The molecule has 0 aromatic carbocycles. The summed E-state index contributed by atoms with van der Waals surface area (Å²) >= 11 is 3.14. The van der Waals surface area contributed by atoms with Crippen molar-refractivity contribution in [2.24, 2.45) is 11.7 Å². The number of rotatable bonds is 6. The van der Waals surface area contributed by atoms with Crippen LogP contribution < -0.4 is 11.1 Å². The van der Waals surface area contributed by atoms with Crippen LogP contribution in [0.2, 0.25) is 0 Å². The third-order valence-corrected chi connectivity index (χ3v) is 4.27. The van der Waals surface area contributed by atoms with E-state index in [9.17, 15) is 9.59 Å². The van der Waals surface area contributed by atoms with Gasteiger partial charge < -0.3 is 20.4 Å². The van der Waals surface area contributed by atoms with Gasteiger partial charge >= 0.3 is 0 Å². The molecule has 6 nitrogen and oxygen atoms in total. The van der Waals surface area contributed by atoms with Gasteiger partial charge in [0.1, 0.15) is 0 Å². The Hall–Kier alpha value is -1.05. The van der Waals surface area contributed by atoms with Gasteiger partial charge in [-0.15, -0.1) is 12.4 Å². The van der Waals surface area contributed by atoms with Gasteiger partial charge in [-0.2, -0.15) is 0 Å². The maximum atomic E-state index is 12.1. The maximum Gasteiger partial charge on any atom is 0.289 e. The van der Waals surface area contributed by atoms with Crippen LogP contribution in [0.15, 0.2) is 21.2 Å². The molecule has 1 aliphatic carbocycles. The SMILES string of the molecule is CN(CC(=O)NC(C)(CN)C1CC1)C(=O)c1ccc(Br)o1.Cl. The molecule has 1 unspecified atom stereocenters. The molecule has 1 fully saturated rings. The molecule has 3 N–H and O–H groups in total. The molecule has 124 valence electrons. The third kappa shape index (κ3) is 4.47. The first kappa shape index (κ1) is 19.0. The first-order valence-corrected chi connectivity index (χ1v) is 7.67. The lowest BCUT2D eigenvalue weighted by atomic mass is 9.96. The van der Waals surface area contributed by atoms with E-state index < -0.39 is 0 Å². The Morgan fingerprint density at radius 1 is 1.50 bits per heavy atom. The van der Waals surface area contributed by atoms with Crippen LogP contribution in [0.25, 0.3) is 0 Å². The fourth-order valence-electron chi connectivity index (χ4n) is 2.30. The van der Waals surface area contributed by atoms with Gasteiger partial charge in [-0.1, -0.05) is 0 Å². The molecule has 2 rings (SSSR count). The first-order chi connectivity index (χ1) is 9.85. The van der Waals surface area contributed by atoms with Crippen LogP contribution >= 0.6 is 28.3 Å². The van der Waals surface area contributed by atoms with Crippen LogP contribution in [0, 0.1) is 5.92 Å². The van der Waals surface area contributed by atoms with Crippen molar-refractivity contribution in [3.63, 3.8) is 0 Å². The second kappa shape index (κ2) is 7.48. The molecule has 1 saturated carbocycles. The first-order valence-electron chi connectivity index (χ1n) is 6.87. The molecule has 0 saturated heterocycles. The zero-order valence-corrected chi connectivity index (χ0v) is 15.0. The maximum absolute atomic E-state index is 12.1. The molecule has 0 aliphatic heterocycles. The smallest absolute Gasteiger partial charge is 0.289 e. The lowest BCUT2D eigenvalue weighted by molar-refractivity contribution is -0.123. The highest BCUT2D eigenvalue weighted by Crippen LogP contribution is 2.38. The zero-order chi connectivity index (χ0) is 15.6. The van der Waals surface area contributed by atoms with Crippen LogP contribution in [0.5, 0.6) is 0 Å². The minimum absolute atomic E-state index is 0. The Bertz CT molecular complexity index is 547. The van der Waals surface area contributed by atoms with Crippen molar-refractivity contribution < 1.29 is 14.0 Å². The van der Waals surface area contributed by atoms with Crippen LogP contribution in [0.3, 0.4) is 0 Å². The van der Waals surface area contributed by atoms with Crippen LogP contribution in [0.4, 0.5) is 0 Å². The van der Waals surface area contributed by atoms with Crippen molar-refractivity contribution in [2.45, 2.75) is 25.3 Å². The summed E-state index contributed by atoms with van der Waals surface area (Å²) in [6.07, 6.45) is 2.17. The number of hydrogen-bond donors (Lipinski definition) is 2. The number of hydrogen-bond acceptors (Lipinski definition) is 4. The van der Waals surface area contributed by atoms with Crippen molar-refractivity contribution in [3.8, 4) is 0 Å². The quantitative estimate of drug-likeness (QED) is 0.770. The molecule has 0 bridgehead atoms. The summed E-state index contributed by atoms with van der Waals surface area (Å²) in [5.41, 5.74) is 5.38. The molecule has 2 amide bonds. The number of nitrogens with zero attached hydrogens (tertiary/aromatic N) is 1. The molecule has 1 atom stereocenters. The molecule has 1 aromatic rings. The molecule has 1 heterocycles. The van der Waals surface area contributed by atoms with E-state index in [1.165, 1.54) is 4.90 Å². The fraction of sp³-hybridized carbons (Fsp3) is 0.571. The van der Waals surface area contributed by atoms with E-state index in [4.69, 9.17) is 10.2 Å². The van der Waals surface area contributed by atoms with Crippen LogP contribution in [0.1, 0.15) is 30.3 Å². The predicted molar refractivity (Wildman–Crippen MR) is 88.9 cm³/mol. The third-order valence-electron chi connectivity index (χ3n) is 3.84. The highest BCUT2D eigenvalue weighted by molar-refractivity contribution is 9.10. The van der Waals surface area contributed by atoms with Crippen LogP contribution in [-0.2, 0) is 4.79 Å². The summed E-state index contributed by atoms with van der Waals surface area (Å²) in [5, 5.41) is 2.95. The molecule has 0 spiro atoms. The number of furan rings is 1. The van der Waals surface area contributed by atoms with Crippen molar-refractivity contribution in [1.82, 2.24) is 10.2 Å². The Labute approximate surface area is 144 Å². The van der Waals surface area contributed by atoms with Gasteiger partial charge in [-0.25, -0.2) is 0 Å². The highest BCUT2D eigenvalue weighted by Gasteiger charge is 2.41. The largest absolute Gasteiger partial charge is 0.444 e. The van der Waals surface area contributed by atoms with Crippen molar-refractivity contribution in [1.29, 1.82) is 0 Å². The second-order valence-corrected chi connectivity index (χ2v) is 6.49. The summed E-state index contributed by atoms with van der Waals surface area (Å²) in [7, 11) is 1.56. The van der Waals surface area contributed by atoms with E-state index in [1.807, 2.05) is 6.92 Å². The van der Waals surface area contributed by atoms with E-state index in [2.05, 4.69) is 21.2 Å². The van der Waals surface area contributed by atoms with Gasteiger partial charge in [0.05, 0.1) is 12.1 Å². The Balaban J connectivity index is 0.00000242. The van der Waals surface area contributed by atoms with Crippen molar-refractivity contribution in [3.05, 3.63) is 22.6 Å². The highest BCUT2D eigenvalue weighted by atomic mass is 79.9. The van der Waals surface area contributed by atoms with E-state index in [0.29, 0.717) is 17.1 Å². The van der Waals surface area contributed by atoms with E-state index in [1.54, 1.807) is 19.2 Å². The lowest BCUT2D eigenvalue weighted by Crippen LogP contribution is -2.55. The summed E-state index contributed by atoms with van der Waals surface area (Å²) in [6, 6.07) is 3.20. The lowest BCUT2D eigenvalue weighted by Gasteiger charge is -2.30. The molecule has 1 aromatic heterocycles. The van der Waals surface area contributed by atoms with Crippen molar-refractivity contribution >= 4 is 40.2 Å². The predicted octanol–water partition coefficient (Wildman–Crippen LogP) is 1.78. The molecule has 0 radical (unpaired) electrons. The van der Waals surface area contributed by atoms with Gasteiger partial charge in [0.25, 0.3) is 5.91 Å². The zero-order valence-electron chi connectivity index (χ0n) is 12.6. The number of amides is 2. The van der Waals surface area contributed by atoms with Crippen LogP contribution in [-0.4, -0.2) is 42.4 Å². The van der Waals surface area contributed by atoms with Gasteiger partial charge in [0, 0.05) is 13.6 Å². The Morgan fingerprint density at radius 2 is 2.14 bits per heavy atom. The molecule has 8 heteroatoms. The van der Waals surface area contributed by atoms with E-state index >= 15 is 0 Å². The molecule has 22 heavy (non-hydrogen) atoms. The number of nitrogens with one attached hydrogen (secondary N) is 1. The van der Waals surface area contributed by atoms with Crippen molar-refractivity contribution in [2.75, 3.05) is 20.1 Å². The monoisotopic (exact) mass is 393 g/mol. The van der Waals surface area contributed by atoms with E-state index in [0.717, 1.165) is 12.8 Å².